The van der Waals surface area contributed by atoms with E-state index in [4.69, 9.17) is 0 Å². The molecule has 2 aromatic rings. The fourth-order valence-corrected chi connectivity index (χ4v) is 4.50. The summed E-state index contributed by atoms with van der Waals surface area (Å²) in [5.41, 5.74) is 1.78. The number of sulfonamides is 1. The van der Waals surface area contributed by atoms with Gasteiger partial charge in [0.1, 0.15) is 0 Å². The predicted octanol–water partition coefficient (Wildman–Crippen LogP) is 1.95. The highest BCUT2D eigenvalue weighted by atomic mass is 32.2. The molecule has 1 aromatic carbocycles. The summed E-state index contributed by atoms with van der Waals surface area (Å²) in [6.45, 7) is 3.38. The van der Waals surface area contributed by atoms with Gasteiger partial charge in [0.25, 0.3) is 5.91 Å². The molecule has 1 atom stereocenters. The fraction of sp³-hybridized carbons (Fsp3) is 0.235. The number of anilines is 2. The molecule has 1 aliphatic heterocycles. The highest BCUT2D eigenvalue weighted by Crippen LogP contribution is 2.28. The molecule has 1 aliphatic rings. The zero-order valence-corrected chi connectivity index (χ0v) is 14.6. The van der Waals surface area contributed by atoms with Crippen molar-refractivity contribution in [2.45, 2.75) is 13.8 Å². The van der Waals surface area contributed by atoms with Crippen LogP contribution in [-0.4, -0.2) is 31.0 Å². The number of aryl methyl sites for hydroxylation is 1. The number of carbonyl (C=O) groups is 2. The first-order chi connectivity index (χ1) is 11.8. The minimum atomic E-state index is -3.70. The number of nitrogens with one attached hydrogen (secondary N) is 1. The van der Waals surface area contributed by atoms with Gasteiger partial charge >= 0.3 is 0 Å². The van der Waals surface area contributed by atoms with Crippen LogP contribution in [0.2, 0.25) is 0 Å². The van der Waals surface area contributed by atoms with Gasteiger partial charge in [0.2, 0.25) is 15.9 Å². The average Bonchev–Trinajstić information content (AvgIpc) is 2.75. The van der Waals surface area contributed by atoms with E-state index in [1.165, 1.54) is 12.1 Å². The first-order valence-corrected chi connectivity index (χ1v) is 9.30. The van der Waals surface area contributed by atoms with Crippen LogP contribution in [0.1, 0.15) is 23.0 Å². The van der Waals surface area contributed by atoms with Crippen LogP contribution in [0.25, 0.3) is 0 Å². The van der Waals surface area contributed by atoms with Gasteiger partial charge in [0.15, 0.2) is 0 Å². The highest BCUT2D eigenvalue weighted by Gasteiger charge is 2.42. The monoisotopic (exact) mass is 359 g/mol. The van der Waals surface area contributed by atoms with Crippen LogP contribution in [0.4, 0.5) is 11.4 Å². The number of aromatic nitrogens is 1. The Kier molecular flexibility index (Phi) is 4.30. The maximum Gasteiger partial charge on any atom is 0.255 e. The molecule has 0 aliphatic carbocycles. The van der Waals surface area contributed by atoms with Crippen molar-refractivity contribution in [2.24, 2.45) is 5.92 Å². The van der Waals surface area contributed by atoms with Crippen LogP contribution < -0.4 is 9.62 Å². The van der Waals surface area contributed by atoms with Gasteiger partial charge in [-0.05, 0) is 37.3 Å². The van der Waals surface area contributed by atoms with E-state index < -0.39 is 27.8 Å². The normalized spacial score (nSPS) is 19.0. The molecule has 1 N–H and O–H groups in total. The smallest absolute Gasteiger partial charge is 0.255 e. The lowest BCUT2D eigenvalue weighted by Gasteiger charge is -2.16. The number of hydrogen-bond acceptors (Lipinski definition) is 5. The van der Waals surface area contributed by atoms with Crippen LogP contribution in [-0.2, 0) is 14.8 Å². The molecule has 3 rings (SSSR count). The molecule has 2 amide bonds. The van der Waals surface area contributed by atoms with Gasteiger partial charge < -0.3 is 5.32 Å². The van der Waals surface area contributed by atoms with Crippen molar-refractivity contribution >= 4 is 33.2 Å². The third kappa shape index (κ3) is 3.39. The number of carbonyl (C=O) groups excluding carboxylic acids is 2. The molecule has 1 fully saturated rings. The van der Waals surface area contributed by atoms with Crippen molar-refractivity contribution in [1.82, 2.24) is 4.98 Å². The van der Waals surface area contributed by atoms with Gasteiger partial charge in [-0.25, -0.2) is 12.7 Å². The summed E-state index contributed by atoms with van der Waals surface area (Å²) in [7, 11) is -3.70. The largest absolute Gasteiger partial charge is 0.322 e. The molecule has 130 valence electrons. The molecule has 25 heavy (non-hydrogen) atoms. The minimum absolute atomic E-state index is 0.174. The van der Waals surface area contributed by atoms with Gasteiger partial charge in [-0.1, -0.05) is 13.0 Å². The number of benzene rings is 1. The van der Waals surface area contributed by atoms with E-state index in [1.807, 2.05) is 0 Å². The van der Waals surface area contributed by atoms with E-state index in [2.05, 4.69) is 10.3 Å². The van der Waals surface area contributed by atoms with Crippen LogP contribution >= 0.6 is 0 Å². The summed E-state index contributed by atoms with van der Waals surface area (Å²) in [5.74, 6) is -1.70. The Morgan fingerprint density at radius 3 is 2.68 bits per heavy atom. The second-order valence-electron chi connectivity index (χ2n) is 5.97. The van der Waals surface area contributed by atoms with Crippen molar-refractivity contribution in [3.8, 4) is 0 Å². The summed E-state index contributed by atoms with van der Waals surface area (Å²) in [6.07, 6.45) is 1.58. The van der Waals surface area contributed by atoms with E-state index in [0.29, 0.717) is 5.69 Å². The average molecular weight is 359 g/mol. The predicted molar refractivity (Wildman–Crippen MR) is 93.8 cm³/mol. The van der Waals surface area contributed by atoms with Crippen molar-refractivity contribution < 1.29 is 18.0 Å². The third-order valence-electron chi connectivity index (χ3n) is 3.86. The molecule has 8 heteroatoms. The highest BCUT2D eigenvalue weighted by molar-refractivity contribution is 7.94. The lowest BCUT2D eigenvalue weighted by molar-refractivity contribution is -0.119. The minimum Gasteiger partial charge on any atom is -0.322 e. The maximum atomic E-state index is 12.4. The van der Waals surface area contributed by atoms with Gasteiger partial charge in [-0.3, -0.25) is 14.6 Å². The molecular formula is C17H17N3O4S. The Bertz CT molecular complexity index is 956. The van der Waals surface area contributed by atoms with Gasteiger partial charge in [-0.2, -0.15) is 0 Å². The van der Waals surface area contributed by atoms with E-state index in [9.17, 15) is 18.0 Å². The second-order valence-corrected chi connectivity index (χ2v) is 7.83. The maximum absolute atomic E-state index is 12.4. The Labute approximate surface area is 145 Å². The van der Waals surface area contributed by atoms with E-state index in [1.54, 1.807) is 44.3 Å². The van der Waals surface area contributed by atoms with Crippen LogP contribution in [0.5, 0.6) is 0 Å². The van der Waals surface area contributed by atoms with Crippen molar-refractivity contribution in [1.29, 1.82) is 0 Å². The third-order valence-corrected chi connectivity index (χ3v) is 5.73. The summed E-state index contributed by atoms with van der Waals surface area (Å²) in [4.78, 5) is 28.6. The summed E-state index contributed by atoms with van der Waals surface area (Å²) < 4.78 is 25.2. The molecule has 1 saturated heterocycles. The van der Waals surface area contributed by atoms with E-state index in [-0.39, 0.29) is 17.0 Å². The topological polar surface area (TPSA) is 96.4 Å². The summed E-state index contributed by atoms with van der Waals surface area (Å²) in [5, 5.41) is 2.73. The Morgan fingerprint density at radius 2 is 2.04 bits per heavy atom. The standard InChI is InChI=1S/C17H17N3O4S/c1-11-10-25(23,24)20(17(11)22)15-5-3-4-13(9-15)16(21)19-14-6-7-18-12(2)8-14/h3-9,11H,10H2,1-2H3,(H,18,19,21). The number of rotatable bonds is 3. The first-order valence-electron chi connectivity index (χ1n) is 7.69. The molecule has 7 nitrogen and oxygen atoms in total. The molecular weight excluding hydrogens is 342 g/mol. The molecule has 1 unspecified atom stereocenters. The lowest BCUT2D eigenvalue weighted by atomic mass is 10.1. The number of amides is 2. The van der Waals surface area contributed by atoms with Crippen molar-refractivity contribution in [3.63, 3.8) is 0 Å². The molecule has 0 bridgehead atoms. The SMILES string of the molecule is Cc1cc(NC(=O)c2cccc(N3C(=O)C(C)CS3(=O)=O)c2)ccn1. The molecule has 1 aromatic heterocycles. The number of nitrogens with zero attached hydrogens (tertiary/aromatic N) is 2. The zero-order valence-electron chi connectivity index (χ0n) is 13.8. The lowest BCUT2D eigenvalue weighted by Crippen LogP contribution is -2.30. The quantitative estimate of drug-likeness (QED) is 0.903. The summed E-state index contributed by atoms with van der Waals surface area (Å²) >= 11 is 0. The van der Waals surface area contributed by atoms with E-state index in [0.717, 1.165) is 10.00 Å². The molecule has 2 heterocycles. The van der Waals surface area contributed by atoms with Crippen molar-refractivity contribution in [3.05, 3.63) is 53.9 Å². The number of pyridine rings is 1. The number of hydrogen-bond donors (Lipinski definition) is 1. The van der Waals surface area contributed by atoms with Crippen LogP contribution in [0, 0.1) is 12.8 Å². The van der Waals surface area contributed by atoms with E-state index >= 15 is 0 Å². The Balaban J connectivity index is 1.89. The molecule has 0 spiro atoms. The molecule has 0 saturated carbocycles. The van der Waals surface area contributed by atoms with Crippen LogP contribution in [0.3, 0.4) is 0 Å². The van der Waals surface area contributed by atoms with Gasteiger partial charge in [0, 0.05) is 23.1 Å². The second kappa shape index (κ2) is 6.29. The molecule has 0 radical (unpaired) electrons. The van der Waals surface area contributed by atoms with Gasteiger partial charge in [0.05, 0.1) is 17.4 Å². The summed E-state index contributed by atoms with van der Waals surface area (Å²) in [6, 6.07) is 9.39. The Hall–Kier alpha value is -2.74. The zero-order chi connectivity index (χ0) is 18.2. The van der Waals surface area contributed by atoms with Crippen LogP contribution in [0.15, 0.2) is 42.6 Å². The van der Waals surface area contributed by atoms with Crippen molar-refractivity contribution in [2.75, 3.05) is 15.4 Å². The first kappa shape index (κ1) is 17.1. The Morgan fingerprint density at radius 1 is 1.28 bits per heavy atom. The fourth-order valence-electron chi connectivity index (χ4n) is 2.69. The van der Waals surface area contributed by atoms with Gasteiger partial charge in [-0.15, -0.1) is 0 Å².